The van der Waals surface area contributed by atoms with Gasteiger partial charge in [-0.25, -0.2) is 13.1 Å². The van der Waals surface area contributed by atoms with Gasteiger partial charge in [-0.05, 0) is 89.2 Å². The molecular formula is C39H70N2O4S. The van der Waals surface area contributed by atoms with Crippen LogP contribution in [0.1, 0.15) is 135 Å². The van der Waals surface area contributed by atoms with Gasteiger partial charge in [-0.1, -0.05) is 117 Å². The normalized spacial score (nSPS) is 13.3. The van der Waals surface area contributed by atoms with Crippen molar-refractivity contribution in [3.05, 3.63) is 59.7 Å². The van der Waals surface area contributed by atoms with Crippen molar-refractivity contribution >= 4 is 15.7 Å². The van der Waals surface area contributed by atoms with Gasteiger partial charge in [-0.15, -0.1) is 0 Å². The molecule has 6 nitrogen and oxygen atoms in total. The highest BCUT2D eigenvalue weighted by atomic mass is 32.2. The van der Waals surface area contributed by atoms with Gasteiger partial charge in [0, 0.05) is 23.8 Å². The molecule has 0 radical (unpaired) electrons. The highest BCUT2D eigenvalue weighted by Gasteiger charge is 2.35. The molecule has 0 saturated heterocycles. The Balaban J connectivity index is 0. The molecule has 0 bridgehead atoms. The van der Waals surface area contributed by atoms with Gasteiger partial charge in [-0.3, -0.25) is 0 Å². The second-order valence-corrected chi connectivity index (χ2v) is 16.3. The summed E-state index contributed by atoms with van der Waals surface area (Å²) in [4.78, 5) is 5.43. The van der Waals surface area contributed by atoms with Crippen LogP contribution in [0.2, 0.25) is 0 Å². The first kappa shape index (κ1) is 45.9. The van der Waals surface area contributed by atoms with Crippen LogP contribution < -0.4 is 4.72 Å². The summed E-state index contributed by atoms with van der Waals surface area (Å²) in [6.07, 6.45) is 3.34. The van der Waals surface area contributed by atoms with Gasteiger partial charge in [0.05, 0.1) is 11.4 Å². The molecule has 0 heterocycles. The summed E-state index contributed by atoms with van der Waals surface area (Å²) in [5.74, 6) is 1.57. The van der Waals surface area contributed by atoms with E-state index in [2.05, 4.69) is 109 Å². The number of benzene rings is 2. The molecule has 0 amide bonds. The van der Waals surface area contributed by atoms with Crippen LogP contribution in [0.15, 0.2) is 53.7 Å². The van der Waals surface area contributed by atoms with Gasteiger partial charge in [0.2, 0.25) is 10.0 Å². The number of nitrogens with one attached hydrogen (secondary N) is 1. The molecule has 1 saturated carbocycles. The van der Waals surface area contributed by atoms with Gasteiger partial charge < -0.3 is 9.57 Å². The molecule has 0 aromatic heterocycles. The Labute approximate surface area is 285 Å². The topological polar surface area (TPSA) is 77.0 Å². The number of rotatable bonds is 9. The summed E-state index contributed by atoms with van der Waals surface area (Å²) in [5.41, 5.74) is 6.21. The number of nitrogens with zero attached hydrogens (tertiary/aromatic N) is 1. The van der Waals surface area contributed by atoms with Crippen molar-refractivity contribution in [1.82, 2.24) is 4.72 Å². The first-order valence-electron chi connectivity index (χ1n) is 16.4. The largest absolute Gasteiger partial charge is 0.393 e. The molecular weight excluding hydrogens is 593 g/mol. The summed E-state index contributed by atoms with van der Waals surface area (Å²) in [5, 5.41) is 4.23. The molecule has 0 aliphatic heterocycles. The predicted molar refractivity (Wildman–Crippen MR) is 202 cm³/mol. The fourth-order valence-corrected chi connectivity index (χ4v) is 5.20. The molecule has 2 aromatic carbocycles. The van der Waals surface area contributed by atoms with E-state index in [4.69, 9.17) is 9.57 Å². The standard InChI is InChI=1S/C16H15NO.C8H18O.C7H16.C6H13NO2S.2CH4/c1-11(2)18-17-16-14-9-5-3-7-12(14)13-8-4-6-10-15(13)16;1-7(2)5-6-9-8(3)4;1-6(2)7(3,4)5;1-5(2)7-10(8,9)6-3-4-6;;/h3-11H,1-2H3;7-8H,5-6H2,1-4H3;6H,1-5H3;5-7H,3-4H2,1-2H3;2*1H4. The van der Waals surface area contributed by atoms with E-state index >= 15 is 0 Å². The number of ether oxygens (including phenoxy) is 1. The lowest BCUT2D eigenvalue weighted by atomic mass is 9.84. The third-order valence-electron chi connectivity index (χ3n) is 7.25. The molecule has 2 aliphatic rings. The Bertz CT molecular complexity index is 1180. The Morgan fingerprint density at radius 3 is 1.48 bits per heavy atom. The van der Waals surface area contributed by atoms with Crippen LogP contribution >= 0.6 is 0 Å². The number of sulfonamides is 1. The third kappa shape index (κ3) is 17.6. The molecule has 266 valence electrons. The zero-order valence-corrected chi connectivity index (χ0v) is 30.7. The van der Waals surface area contributed by atoms with E-state index < -0.39 is 10.0 Å². The Morgan fingerprint density at radius 1 is 0.761 bits per heavy atom. The molecule has 7 heteroatoms. The van der Waals surface area contributed by atoms with Crippen molar-refractivity contribution in [2.45, 2.75) is 148 Å². The maximum atomic E-state index is 11.1. The van der Waals surface area contributed by atoms with E-state index in [9.17, 15) is 8.42 Å². The minimum absolute atomic E-state index is 0. The van der Waals surface area contributed by atoms with E-state index in [1.807, 2.05) is 39.8 Å². The van der Waals surface area contributed by atoms with E-state index in [1.54, 1.807) is 0 Å². The van der Waals surface area contributed by atoms with Crippen LogP contribution in [0, 0.1) is 17.3 Å². The van der Waals surface area contributed by atoms with Gasteiger partial charge in [0.1, 0.15) is 11.8 Å². The number of oxime groups is 1. The maximum Gasteiger partial charge on any atom is 0.214 e. The predicted octanol–water partition coefficient (Wildman–Crippen LogP) is 10.7. The highest BCUT2D eigenvalue weighted by molar-refractivity contribution is 7.90. The van der Waals surface area contributed by atoms with Crippen molar-refractivity contribution in [3.63, 3.8) is 0 Å². The lowest BCUT2D eigenvalue weighted by Crippen LogP contribution is -2.32. The second-order valence-electron chi connectivity index (χ2n) is 14.3. The summed E-state index contributed by atoms with van der Waals surface area (Å²) < 4.78 is 30.1. The molecule has 4 rings (SSSR count). The lowest BCUT2D eigenvalue weighted by molar-refractivity contribution is 0.0710. The van der Waals surface area contributed by atoms with Gasteiger partial charge in [0.15, 0.2) is 0 Å². The van der Waals surface area contributed by atoms with Crippen molar-refractivity contribution in [3.8, 4) is 11.1 Å². The maximum absolute atomic E-state index is 11.1. The second kappa shape index (κ2) is 21.6. The van der Waals surface area contributed by atoms with Crippen molar-refractivity contribution in [2.75, 3.05) is 6.61 Å². The molecule has 1 N–H and O–H groups in total. The van der Waals surface area contributed by atoms with E-state index in [0.29, 0.717) is 11.5 Å². The van der Waals surface area contributed by atoms with Gasteiger partial charge in [0.25, 0.3) is 0 Å². The Hall–Kier alpha value is -2.22. The number of hydrogen-bond acceptors (Lipinski definition) is 5. The van der Waals surface area contributed by atoms with Crippen LogP contribution in [0.4, 0.5) is 0 Å². The number of fused-ring (bicyclic) bond motifs is 3. The zero-order valence-electron chi connectivity index (χ0n) is 29.9. The fourth-order valence-electron chi connectivity index (χ4n) is 3.59. The minimum atomic E-state index is -2.94. The van der Waals surface area contributed by atoms with E-state index in [0.717, 1.165) is 48.1 Å². The average molecular weight is 663 g/mol. The molecule has 1 fully saturated rings. The molecule has 2 aliphatic carbocycles. The Kier molecular flexibility index (Phi) is 21.6. The summed E-state index contributed by atoms with van der Waals surface area (Å²) >= 11 is 0. The molecule has 46 heavy (non-hydrogen) atoms. The van der Waals surface area contributed by atoms with Crippen LogP contribution in [0.25, 0.3) is 11.1 Å². The van der Waals surface area contributed by atoms with Crippen LogP contribution in [0.5, 0.6) is 0 Å². The minimum Gasteiger partial charge on any atom is -0.393 e. The highest BCUT2D eigenvalue weighted by Crippen LogP contribution is 2.36. The van der Waals surface area contributed by atoms with Crippen molar-refractivity contribution < 1.29 is 18.0 Å². The lowest BCUT2D eigenvalue weighted by Gasteiger charge is -2.22. The molecule has 2 aromatic rings. The first-order chi connectivity index (χ1) is 20.4. The van der Waals surface area contributed by atoms with Crippen molar-refractivity contribution in [1.29, 1.82) is 0 Å². The summed E-state index contributed by atoms with van der Waals surface area (Å²) in [6, 6.07) is 16.7. The van der Waals surface area contributed by atoms with Gasteiger partial charge in [-0.2, -0.15) is 0 Å². The van der Waals surface area contributed by atoms with Crippen LogP contribution in [-0.2, 0) is 19.6 Å². The number of hydrogen-bond donors (Lipinski definition) is 1. The van der Waals surface area contributed by atoms with E-state index in [1.165, 1.54) is 17.5 Å². The summed E-state index contributed by atoms with van der Waals surface area (Å²) in [7, 11) is -2.94. The van der Waals surface area contributed by atoms with Gasteiger partial charge >= 0.3 is 0 Å². The SMILES string of the molecule is C.C.CC(C)C(C)(C)C.CC(C)CCOC(C)C.CC(C)NS(=O)(=O)C1CC1.CC(C)ON=C1c2ccccc2-c2ccccc21. The summed E-state index contributed by atoms with van der Waals surface area (Å²) in [6.45, 7) is 28.4. The zero-order chi connectivity index (χ0) is 33.7. The molecule has 0 unspecified atom stereocenters. The monoisotopic (exact) mass is 663 g/mol. The smallest absolute Gasteiger partial charge is 0.214 e. The average Bonchev–Trinajstić information content (AvgIpc) is 3.71. The quantitative estimate of drug-likeness (QED) is 0.231. The fraction of sp³-hybridized carbons (Fsp3) is 0.667. The molecule has 0 atom stereocenters. The van der Waals surface area contributed by atoms with Crippen LogP contribution in [0.3, 0.4) is 0 Å². The third-order valence-corrected chi connectivity index (χ3v) is 9.40. The molecule has 0 spiro atoms. The Morgan fingerprint density at radius 2 is 1.17 bits per heavy atom. The van der Waals surface area contributed by atoms with Crippen LogP contribution in [-0.4, -0.2) is 44.2 Å². The van der Waals surface area contributed by atoms with E-state index in [-0.39, 0.29) is 32.2 Å². The first-order valence-corrected chi connectivity index (χ1v) is 18.0. The van der Waals surface area contributed by atoms with Crippen molar-refractivity contribution in [2.24, 2.45) is 22.4 Å².